The molecular weight excluding hydrogens is 199 g/mol. The van der Waals surface area contributed by atoms with Gasteiger partial charge in [0, 0.05) is 0 Å². The Morgan fingerprint density at radius 1 is 1.36 bits per heavy atom. The van der Waals surface area contributed by atoms with Crippen LogP contribution in [0, 0.1) is 0 Å². The fourth-order valence-electron chi connectivity index (χ4n) is 1.21. The van der Waals surface area contributed by atoms with Gasteiger partial charge in [-0.15, -0.1) is 0 Å². The molecular formula is C8H10F3NO2. The molecule has 0 bridgehead atoms. The van der Waals surface area contributed by atoms with Crippen LogP contribution in [-0.2, 0) is 4.79 Å². The quantitative estimate of drug-likeness (QED) is 0.626. The summed E-state index contributed by atoms with van der Waals surface area (Å²) in [5.41, 5.74) is 0. The molecule has 2 N–H and O–H groups in total. The zero-order valence-electron chi connectivity index (χ0n) is 7.21. The van der Waals surface area contributed by atoms with Crippen LogP contribution in [0.5, 0.6) is 0 Å². The van der Waals surface area contributed by atoms with E-state index in [1.54, 1.807) is 17.5 Å². The van der Waals surface area contributed by atoms with Gasteiger partial charge in [-0.3, -0.25) is 4.79 Å². The van der Waals surface area contributed by atoms with Crippen molar-refractivity contribution in [3.8, 4) is 0 Å². The van der Waals surface area contributed by atoms with E-state index in [1.165, 1.54) is 0 Å². The maximum atomic E-state index is 11.8. The molecule has 1 aliphatic rings. The molecule has 0 fully saturated rings. The Hall–Kier alpha value is -1.04. The number of aliphatic hydroxyl groups excluding tert-OH is 1. The summed E-state index contributed by atoms with van der Waals surface area (Å²) in [5, 5.41) is 11.0. The summed E-state index contributed by atoms with van der Waals surface area (Å²) in [4.78, 5) is 10.5. The maximum Gasteiger partial charge on any atom is 0.471 e. The van der Waals surface area contributed by atoms with Gasteiger partial charge < -0.3 is 10.4 Å². The predicted octanol–water partition coefficient (Wildman–Crippen LogP) is 0.744. The van der Waals surface area contributed by atoms with Gasteiger partial charge in [-0.1, -0.05) is 12.2 Å². The minimum atomic E-state index is -4.89. The third kappa shape index (κ3) is 2.73. The lowest BCUT2D eigenvalue weighted by Gasteiger charge is -2.25. The summed E-state index contributed by atoms with van der Waals surface area (Å²) in [5.74, 6) is -2.00. The van der Waals surface area contributed by atoms with E-state index >= 15 is 0 Å². The summed E-state index contributed by atoms with van der Waals surface area (Å²) in [7, 11) is 0. The second kappa shape index (κ2) is 4.00. The van der Waals surface area contributed by atoms with Crippen molar-refractivity contribution in [1.82, 2.24) is 5.32 Å². The van der Waals surface area contributed by atoms with E-state index in [1.807, 2.05) is 0 Å². The van der Waals surface area contributed by atoms with Crippen molar-refractivity contribution in [2.75, 3.05) is 0 Å². The first-order valence-corrected chi connectivity index (χ1v) is 4.12. The summed E-state index contributed by atoms with van der Waals surface area (Å²) in [6.45, 7) is 0. The number of carbonyl (C=O) groups excluding carboxylic acids is 1. The number of nitrogens with one attached hydrogen (secondary N) is 1. The third-order valence-electron chi connectivity index (χ3n) is 1.97. The molecule has 1 amide bonds. The Morgan fingerprint density at radius 3 is 2.43 bits per heavy atom. The monoisotopic (exact) mass is 209 g/mol. The first-order chi connectivity index (χ1) is 6.41. The lowest BCUT2D eigenvalue weighted by molar-refractivity contribution is -0.175. The zero-order chi connectivity index (χ0) is 10.8. The van der Waals surface area contributed by atoms with Crippen LogP contribution >= 0.6 is 0 Å². The van der Waals surface area contributed by atoms with Crippen LogP contribution in [0.15, 0.2) is 12.2 Å². The molecule has 1 aliphatic carbocycles. The van der Waals surface area contributed by atoms with Crippen molar-refractivity contribution in [3.63, 3.8) is 0 Å². The van der Waals surface area contributed by atoms with E-state index in [9.17, 15) is 23.1 Å². The van der Waals surface area contributed by atoms with Gasteiger partial charge in [0.1, 0.15) is 0 Å². The van der Waals surface area contributed by atoms with Gasteiger partial charge in [-0.2, -0.15) is 13.2 Å². The van der Waals surface area contributed by atoms with Crippen molar-refractivity contribution in [2.24, 2.45) is 0 Å². The summed E-state index contributed by atoms with van der Waals surface area (Å²) in [6, 6.07) is -0.839. The highest BCUT2D eigenvalue weighted by Gasteiger charge is 2.40. The van der Waals surface area contributed by atoms with Crippen molar-refractivity contribution in [2.45, 2.75) is 31.2 Å². The molecule has 6 heteroatoms. The van der Waals surface area contributed by atoms with Gasteiger partial charge in [0.2, 0.25) is 0 Å². The van der Waals surface area contributed by atoms with E-state index in [4.69, 9.17) is 0 Å². The molecule has 2 atom stereocenters. The predicted molar refractivity (Wildman–Crippen MR) is 42.4 cm³/mol. The average Bonchev–Trinajstić information content (AvgIpc) is 2.07. The van der Waals surface area contributed by atoms with Gasteiger partial charge >= 0.3 is 12.1 Å². The Bertz CT molecular complexity index is 249. The fraction of sp³-hybridized carbons (Fsp3) is 0.625. The molecule has 80 valence electrons. The molecule has 0 aromatic carbocycles. The summed E-state index contributed by atoms with van der Waals surface area (Å²) in [6.07, 6.45) is -2.03. The molecule has 2 unspecified atom stereocenters. The molecule has 0 saturated carbocycles. The largest absolute Gasteiger partial charge is 0.471 e. The Morgan fingerprint density at radius 2 is 1.93 bits per heavy atom. The second-order valence-electron chi connectivity index (χ2n) is 3.09. The fourth-order valence-corrected chi connectivity index (χ4v) is 1.21. The number of hydrogen-bond donors (Lipinski definition) is 2. The molecule has 14 heavy (non-hydrogen) atoms. The van der Waals surface area contributed by atoms with Gasteiger partial charge in [0.25, 0.3) is 0 Å². The SMILES string of the molecule is O=C(NC1CC=CCC1O)C(F)(F)F. The number of halogens is 3. The molecule has 0 spiro atoms. The van der Waals surface area contributed by atoms with E-state index in [-0.39, 0.29) is 12.8 Å². The number of carbonyl (C=O) groups is 1. The van der Waals surface area contributed by atoms with Crippen molar-refractivity contribution in [3.05, 3.63) is 12.2 Å². The molecule has 0 aromatic rings. The van der Waals surface area contributed by atoms with Gasteiger partial charge in [0.15, 0.2) is 0 Å². The molecule has 0 aromatic heterocycles. The van der Waals surface area contributed by atoms with E-state index < -0.39 is 24.2 Å². The second-order valence-corrected chi connectivity index (χ2v) is 3.09. The first kappa shape index (κ1) is 11.0. The molecule has 3 nitrogen and oxygen atoms in total. The van der Waals surface area contributed by atoms with Gasteiger partial charge in [0.05, 0.1) is 12.1 Å². The van der Waals surface area contributed by atoms with Crippen LogP contribution in [0.1, 0.15) is 12.8 Å². The summed E-state index contributed by atoms with van der Waals surface area (Å²) < 4.78 is 35.5. The molecule has 0 radical (unpaired) electrons. The van der Waals surface area contributed by atoms with Crippen LogP contribution in [0.4, 0.5) is 13.2 Å². The van der Waals surface area contributed by atoms with Crippen LogP contribution in [0.25, 0.3) is 0 Å². The highest BCUT2D eigenvalue weighted by atomic mass is 19.4. The smallest absolute Gasteiger partial charge is 0.391 e. The van der Waals surface area contributed by atoms with E-state index in [0.29, 0.717) is 0 Å². The van der Waals surface area contributed by atoms with Gasteiger partial charge in [-0.05, 0) is 12.8 Å². The lowest BCUT2D eigenvalue weighted by Crippen LogP contribution is -2.48. The van der Waals surface area contributed by atoms with Crippen LogP contribution in [-0.4, -0.2) is 29.3 Å². The van der Waals surface area contributed by atoms with Crippen molar-refractivity contribution < 1.29 is 23.1 Å². The number of aliphatic hydroxyl groups is 1. The highest BCUT2D eigenvalue weighted by Crippen LogP contribution is 2.17. The van der Waals surface area contributed by atoms with Gasteiger partial charge in [-0.25, -0.2) is 0 Å². The number of amides is 1. The Kier molecular flexibility index (Phi) is 3.15. The number of alkyl halides is 3. The number of rotatable bonds is 1. The minimum Gasteiger partial charge on any atom is -0.391 e. The van der Waals surface area contributed by atoms with Crippen LogP contribution < -0.4 is 5.32 Å². The number of hydrogen-bond acceptors (Lipinski definition) is 2. The molecule has 0 heterocycles. The van der Waals surface area contributed by atoms with E-state index in [0.717, 1.165) is 0 Å². The highest BCUT2D eigenvalue weighted by molar-refractivity contribution is 5.82. The Labute approximate surface area is 78.6 Å². The molecule has 0 saturated heterocycles. The molecule has 0 aliphatic heterocycles. The maximum absolute atomic E-state index is 11.8. The topological polar surface area (TPSA) is 49.3 Å². The normalized spacial score (nSPS) is 27.4. The Balaban J connectivity index is 2.52. The zero-order valence-corrected chi connectivity index (χ0v) is 7.21. The third-order valence-corrected chi connectivity index (χ3v) is 1.97. The first-order valence-electron chi connectivity index (χ1n) is 4.12. The average molecular weight is 209 g/mol. The van der Waals surface area contributed by atoms with E-state index in [2.05, 4.69) is 0 Å². The standard InChI is InChI=1S/C8H10F3NO2/c9-8(10,11)7(14)12-5-3-1-2-4-6(5)13/h1-2,5-6,13H,3-4H2,(H,12,14). The van der Waals surface area contributed by atoms with Crippen molar-refractivity contribution in [1.29, 1.82) is 0 Å². The van der Waals surface area contributed by atoms with Crippen LogP contribution in [0.3, 0.4) is 0 Å². The lowest BCUT2D eigenvalue weighted by atomic mass is 9.99. The van der Waals surface area contributed by atoms with Crippen molar-refractivity contribution >= 4 is 5.91 Å². The minimum absolute atomic E-state index is 0.225. The summed E-state index contributed by atoms with van der Waals surface area (Å²) >= 11 is 0. The van der Waals surface area contributed by atoms with Crippen LogP contribution in [0.2, 0.25) is 0 Å². The molecule has 1 rings (SSSR count).